The van der Waals surface area contributed by atoms with Crippen LogP contribution in [0, 0.1) is 20.2 Å². The molecule has 1 aromatic carbocycles. The first-order valence-corrected chi connectivity index (χ1v) is 8.65. The Morgan fingerprint density at radius 3 is 2.27 bits per heavy atom. The molecule has 0 aromatic heterocycles. The topological polar surface area (TPSA) is 124 Å². The maximum absolute atomic E-state index is 11.6. The van der Waals surface area contributed by atoms with Gasteiger partial charge < -0.3 is 5.11 Å². The number of benzene rings is 1. The lowest BCUT2D eigenvalue weighted by Gasteiger charge is -2.19. The van der Waals surface area contributed by atoms with Crippen molar-refractivity contribution in [1.29, 1.82) is 0 Å². The number of carboxylic acid groups (broad SMARTS) is 1. The van der Waals surface area contributed by atoms with Gasteiger partial charge in [0, 0.05) is 6.07 Å². The van der Waals surface area contributed by atoms with Gasteiger partial charge in [0.2, 0.25) is 0 Å². The molecular weight excluding hydrogens is 340 g/mol. The van der Waals surface area contributed by atoms with E-state index in [0.717, 1.165) is 25.3 Å². The van der Waals surface area contributed by atoms with E-state index in [1.807, 2.05) is 13.8 Å². The molecule has 0 aliphatic rings. The molecule has 26 heavy (non-hydrogen) atoms. The van der Waals surface area contributed by atoms with Crippen LogP contribution in [0.1, 0.15) is 69.9 Å². The molecule has 1 atom stereocenters. The summed E-state index contributed by atoms with van der Waals surface area (Å²) in [5, 5.41) is 32.2. The zero-order valence-electron chi connectivity index (χ0n) is 15.2. The lowest BCUT2D eigenvalue weighted by molar-refractivity contribution is -0.394. The molecular formula is C18H24N2O6. The molecule has 0 aliphatic carbocycles. The molecule has 142 valence electrons. The molecule has 0 heterocycles. The summed E-state index contributed by atoms with van der Waals surface area (Å²) in [6, 6.07) is 2.12. The summed E-state index contributed by atoms with van der Waals surface area (Å²) in [5.74, 6) is -1.49. The maximum atomic E-state index is 11.6. The second kappa shape index (κ2) is 9.65. The lowest BCUT2D eigenvalue weighted by Crippen LogP contribution is -2.11. The molecule has 8 nitrogen and oxygen atoms in total. The number of nitro groups is 2. The smallest absolute Gasteiger partial charge is 0.336 e. The van der Waals surface area contributed by atoms with Gasteiger partial charge in [-0.1, -0.05) is 39.2 Å². The van der Waals surface area contributed by atoms with Gasteiger partial charge in [0.05, 0.1) is 27.0 Å². The van der Waals surface area contributed by atoms with Gasteiger partial charge in [-0.3, -0.25) is 20.2 Å². The van der Waals surface area contributed by atoms with Crippen LogP contribution in [0.25, 0.3) is 5.57 Å². The fraction of sp³-hybridized carbons (Fsp3) is 0.500. The molecule has 1 aromatic rings. The molecule has 0 aliphatic heterocycles. The van der Waals surface area contributed by atoms with Gasteiger partial charge in [0.15, 0.2) is 0 Å². The average Bonchev–Trinajstić information content (AvgIpc) is 2.58. The van der Waals surface area contributed by atoms with Crippen molar-refractivity contribution >= 4 is 22.9 Å². The number of carboxylic acids is 1. The second-order valence-corrected chi connectivity index (χ2v) is 6.05. The van der Waals surface area contributed by atoms with E-state index in [1.165, 1.54) is 19.1 Å². The minimum Gasteiger partial charge on any atom is -0.478 e. The number of aliphatic carboxylic acids is 1. The van der Waals surface area contributed by atoms with E-state index in [4.69, 9.17) is 0 Å². The molecule has 1 unspecified atom stereocenters. The number of hydrogen-bond donors (Lipinski definition) is 1. The highest BCUT2D eigenvalue weighted by Gasteiger charge is 2.31. The van der Waals surface area contributed by atoms with Crippen LogP contribution >= 0.6 is 0 Å². The minimum atomic E-state index is -1.30. The SMILES string of the molecule is CC=C(C(=O)O)c1c(C(CC)CCCCC)cc([N+](=O)[O-])cc1[N+](=O)[O-]. The molecule has 0 amide bonds. The van der Waals surface area contributed by atoms with Crippen LogP contribution in [0.2, 0.25) is 0 Å². The predicted octanol–water partition coefficient (Wildman–Crippen LogP) is 5.06. The van der Waals surface area contributed by atoms with Crippen LogP contribution in [-0.4, -0.2) is 20.9 Å². The Hall–Kier alpha value is -2.77. The maximum Gasteiger partial charge on any atom is 0.336 e. The number of carbonyl (C=O) groups is 1. The van der Waals surface area contributed by atoms with Gasteiger partial charge in [-0.15, -0.1) is 0 Å². The van der Waals surface area contributed by atoms with Crippen LogP contribution in [0.15, 0.2) is 18.2 Å². The van der Waals surface area contributed by atoms with E-state index in [0.29, 0.717) is 18.4 Å². The van der Waals surface area contributed by atoms with E-state index in [9.17, 15) is 30.1 Å². The molecule has 8 heteroatoms. The van der Waals surface area contributed by atoms with Crippen molar-refractivity contribution in [3.8, 4) is 0 Å². The monoisotopic (exact) mass is 364 g/mol. The van der Waals surface area contributed by atoms with Crippen LogP contribution in [-0.2, 0) is 4.79 Å². The fourth-order valence-electron chi connectivity index (χ4n) is 3.09. The largest absolute Gasteiger partial charge is 0.478 e. The minimum absolute atomic E-state index is 0.0288. The van der Waals surface area contributed by atoms with Gasteiger partial charge in [-0.2, -0.15) is 0 Å². The highest BCUT2D eigenvalue weighted by atomic mass is 16.6. The lowest BCUT2D eigenvalue weighted by atomic mass is 9.84. The summed E-state index contributed by atoms with van der Waals surface area (Å²) in [7, 11) is 0. The third kappa shape index (κ3) is 4.87. The first-order valence-electron chi connectivity index (χ1n) is 8.65. The van der Waals surface area contributed by atoms with Gasteiger partial charge in [-0.25, -0.2) is 4.79 Å². The van der Waals surface area contributed by atoms with Crippen molar-refractivity contribution in [3.05, 3.63) is 49.6 Å². The number of non-ortho nitro benzene ring substituents is 1. The first kappa shape index (κ1) is 21.3. The van der Waals surface area contributed by atoms with E-state index >= 15 is 0 Å². The van der Waals surface area contributed by atoms with Gasteiger partial charge in [-0.05, 0) is 31.2 Å². The van der Waals surface area contributed by atoms with E-state index in [2.05, 4.69) is 0 Å². The number of rotatable bonds is 10. The standard InChI is InChI=1S/C18H24N2O6/c1-4-7-8-9-12(5-2)15-10-13(19(23)24)11-16(20(25)26)17(15)14(6-3)18(21)22/h6,10-12H,4-5,7-9H2,1-3H3,(H,21,22). The van der Waals surface area contributed by atoms with Crippen LogP contribution in [0.3, 0.4) is 0 Å². The Bertz CT molecular complexity index is 727. The molecule has 0 spiro atoms. The number of nitro benzene ring substituents is 2. The van der Waals surface area contributed by atoms with Crippen LogP contribution < -0.4 is 0 Å². The van der Waals surface area contributed by atoms with Crippen LogP contribution in [0.5, 0.6) is 0 Å². The quantitative estimate of drug-likeness (QED) is 0.268. The van der Waals surface area contributed by atoms with Gasteiger partial charge in [0.25, 0.3) is 11.4 Å². The van der Waals surface area contributed by atoms with E-state index < -0.39 is 27.2 Å². The zero-order valence-corrected chi connectivity index (χ0v) is 15.2. The van der Waals surface area contributed by atoms with Crippen molar-refractivity contribution < 1.29 is 19.7 Å². The molecule has 1 N–H and O–H groups in total. The number of hydrogen-bond acceptors (Lipinski definition) is 5. The molecule has 0 radical (unpaired) electrons. The Kier molecular flexibility index (Phi) is 7.89. The van der Waals surface area contributed by atoms with Crippen molar-refractivity contribution in [1.82, 2.24) is 0 Å². The van der Waals surface area contributed by atoms with E-state index in [-0.39, 0.29) is 17.1 Å². The second-order valence-electron chi connectivity index (χ2n) is 6.05. The number of unbranched alkanes of at least 4 members (excludes halogenated alkanes) is 2. The van der Waals surface area contributed by atoms with Crippen molar-refractivity contribution in [2.75, 3.05) is 0 Å². The zero-order chi connectivity index (χ0) is 19.9. The summed E-state index contributed by atoms with van der Waals surface area (Å²) in [4.78, 5) is 32.9. The van der Waals surface area contributed by atoms with Gasteiger partial charge >= 0.3 is 5.97 Å². The Labute approximate surface area is 151 Å². The average molecular weight is 364 g/mol. The highest BCUT2D eigenvalue weighted by Crippen LogP contribution is 2.40. The summed E-state index contributed by atoms with van der Waals surface area (Å²) >= 11 is 0. The third-order valence-electron chi connectivity index (χ3n) is 4.42. The molecule has 1 rings (SSSR count). The third-order valence-corrected chi connectivity index (χ3v) is 4.42. The predicted molar refractivity (Wildman–Crippen MR) is 98.2 cm³/mol. The summed E-state index contributed by atoms with van der Waals surface area (Å²) in [6.45, 7) is 5.42. The van der Waals surface area contributed by atoms with Crippen molar-refractivity contribution in [2.45, 2.75) is 58.8 Å². The Balaban J connectivity index is 3.73. The van der Waals surface area contributed by atoms with Crippen molar-refractivity contribution in [2.24, 2.45) is 0 Å². The number of allylic oxidation sites excluding steroid dienone is 1. The normalized spacial score (nSPS) is 12.7. The fourth-order valence-corrected chi connectivity index (χ4v) is 3.09. The van der Waals surface area contributed by atoms with Crippen LogP contribution in [0.4, 0.5) is 11.4 Å². The first-order chi connectivity index (χ1) is 12.3. The summed E-state index contributed by atoms with van der Waals surface area (Å²) < 4.78 is 0. The van der Waals surface area contributed by atoms with Crippen molar-refractivity contribution in [3.63, 3.8) is 0 Å². The summed E-state index contributed by atoms with van der Waals surface area (Å²) in [6.07, 6.45) is 5.41. The summed E-state index contributed by atoms with van der Waals surface area (Å²) in [5.41, 5.74) is -0.821. The molecule has 0 bridgehead atoms. The molecule has 0 fully saturated rings. The Morgan fingerprint density at radius 2 is 1.85 bits per heavy atom. The van der Waals surface area contributed by atoms with Gasteiger partial charge in [0.1, 0.15) is 0 Å². The highest BCUT2D eigenvalue weighted by molar-refractivity contribution is 6.17. The number of nitrogens with zero attached hydrogens (tertiary/aromatic N) is 2. The molecule has 0 saturated carbocycles. The Morgan fingerprint density at radius 1 is 1.19 bits per heavy atom. The van der Waals surface area contributed by atoms with E-state index in [1.54, 1.807) is 0 Å². The molecule has 0 saturated heterocycles.